The molecule has 275 valence electrons. The summed E-state index contributed by atoms with van der Waals surface area (Å²) in [6.45, 7) is 6.70. The molecule has 1 amide bonds. The standard InChI is InChI=1S/C31H46N2O13P2S.2Na/c1-21(2)17-33(49(39,40)25-12-10-23(41-3)11-13-25)18-28(46-48(36,37)38)27(16-22-6-8-24(9-7-22)44-20-47(4,5)35)32-31(34)45-29-19-43-30-26(29)14-15-42-30;;/h6-13,21,26-30H,14-20H2,1-5H3,(H,32,34)(H2,36,37,38);;/q;;+1/p-1/t26-,27-,28+,29-,30+;;/m0../s1. The van der Waals surface area contributed by atoms with Crippen LogP contribution in [0, 0.1) is 11.8 Å². The molecule has 15 nitrogen and oxygen atoms in total. The number of benzene rings is 2. The van der Waals surface area contributed by atoms with E-state index in [4.69, 9.17) is 28.2 Å². The normalized spacial score (nSPS) is 21.1. The molecule has 2 aromatic carbocycles. The number of amides is 1. The van der Waals surface area contributed by atoms with Crippen LogP contribution in [0.3, 0.4) is 0 Å². The monoisotopic (exact) mass is 793 g/mol. The Morgan fingerprint density at radius 1 is 1.06 bits per heavy atom. The summed E-state index contributed by atoms with van der Waals surface area (Å²) in [6, 6.07) is 11.0. The number of fused-ring (bicyclic) bond motifs is 1. The molecule has 0 aliphatic carbocycles. The predicted octanol–water partition coefficient (Wildman–Crippen LogP) is -0.131. The quantitative estimate of drug-likeness (QED) is 0.159. The van der Waals surface area contributed by atoms with Gasteiger partial charge >= 0.3 is 35.7 Å². The summed E-state index contributed by atoms with van der Waals surface area (Å²) >= 11 is 0. The van der Waals surface area contributed by atoms with E-state index in [0.29, 0.717) is 30.1 Å². The first-order valence-electron chi connectivity index (χ1n) is 15.8. The Labute approximate surface area is 344 Å². The van der Waals surface area contributed by atoms with Crippen LogP contribution in [0.1, 0.15) is 25.8 Å². The van der Waals surface area contributed by atoms with Gasteiger partial charge in [-0.3, -0.25) is 4.57 Å². The number of rotatable bonds is 17. The van der Waals surface area contributed by atoms with E-state index in [-0.39, 0.29) is 102 Å². The van der Waals surface area contributed by atoms with Gasteiger partial charge in [-0.1, -0.05) is 26.0 Å². The number of carbonyl (C=O) groups is 1. The van der Waals surface area contributed by atoms with Gasteiger partial charge in [0.1, 0.15) is 37.2 Å². The average molecular weight is 794 g/mol. The minimum Gasteiger partial charge on any atom is -0.756 e. The number of carbonyl (C=O) groups excluding carboxylic acids is 1. The first-order chi connectivity index (χ1) is 22.9. The third-order valence-corrected chi connectivity index (χ3v) is 11.0. The molecule has 0 saturated carbocycles. The Morgan fingerprint density at radius 3 is 2.25 bits per heavy atom. The minimum absolute atomic E-state index is 0. The number of methoxy groups -OCH3 is 1. The van der Waals surface area contributed by atoms with Crippen LogP contribution in [0.5, 0.6) is 11.5 Å². The third-order valence-electron chi connectivity index (χ3n) is 7.83. The van der Waals surface area contributed by atoms with E-state index in [1.165, 1.54) is 31.4 Å². The van der Waals surface area contributed by atoms with E-state index in [0.717, 1.165) is 4.31 Å². The molecule has 1 radical (unpaired) electrons. The number of phosphoric acid groups is 1. The maximum absolute atomic E-state index is 13.9. The number of hydrogen-bond acceptors (Lipinski definition) is 12. The van der Waals surface area contributed by atoms with Crippen LogP contribution in [0.15, 0.2) is 53.4 Å². The maximum Gasteiger partial charge on any atom is 1.00 e. The van der Waals surface area contributed by atoms with E-state index in [9.17, 15) is 32.1 Å². The number of hydrogen-bond donors (Lipinski definition) is 2. The van der Waals surface area contributed by atoms with Crippen molar-refractivity contribution >= 4 is 60.6 Å². The Balaban J connectivity index is 0.00000451. The molecular weight excluding hydrogens is 748 g/mol. The van der Waals surface area contributed by atoms with Gasteiger partial charge in [0, 0.05) is 42.6 Å². The van der Waals surface area contributed by atoms with E-state index >= 15 is 0 Å². The Hall–Kier alpha value is -0.520. The summed E-state index contributed by atoms with van der Waals surface area (Å²) in [6.07, 6.45) is -3.09. The second kappa shape index (κ2) is 20.4. The molecule has 20 heteroatoms. The topological polar surface area (TPSA) is 199 Å². The smallest absolute Gasteiger partial charge is 0.756 e. The summed E-state index contributed by atoms with van der Waals surface area (Å²) in [5.41, 5.74) is 0.572. The molecule has 6 atom stereocenters. The van der Waals surface area contributed by atoms with Gasteiger partial charge in [-0.2, -0.15) is 4.31 Å². The summed E-state index contributed by atoms with van der Waals surface area (Å²) in [7, 11) is -10.7. The van der Waals surface area contributed by atoms with Crippen molar-refractivity contribution in [3.63, 3.8) is 0 Å². The second-order valence-corrected chi connectivity index (χ2v) is 19.4. The Morgan fingerprint density at radius 2 is 1.69 bits per heavy atom. The maximum atomic E-state index is 13.9. The van der Waals surface area contributed by atoms with Crippen molar-refractivity contribution in [3.8, 4) is 11.5 Å². The molecule has 2 aromatic rings. The first kappa shape index (κ1) is 46.6. The van der Waals surface area contributed by atoms with Gasteiger partial charge in [-0.15, -0.1) is 0 Å². The molecule has 2 aliphatic heterocycles. The van der Waals surface area contributed by atoms with Gasteiger partial charge < -0.3 is 47.9 Å². The van der Waals surface area contributed by atoms with Gasteiger partial charge in [0.05, 0.1) is 37.2 Å². The van der Waals surface area contributed by atoms with Crippen LogP contribution >= 0.6 is 15.0 Å². The Kier molecular flexibility index (Phi) is 18.7. The number of sulfonamides is 1. The summed E-state index contributed by atoms with van der Waals surface area (Å²) in [5, 5.41) is 2.66. The number of nitrogens with zero attached hydrogens (tertiary/aromatic N) is 1. The van der Waals surface area contributed by atoms with Crippen molar-refractivity contribution in [1.82, 2.24) is 9.62 Å². The fourth-order valence-corrected chi connectivity index (χ4v) is 8.16. The largest absolute Gasteiger partial charge is 1.00 e. The van der Waals surface area contributed by atoms with Crippen LogP contribution in [0.25, 0.3) is 0 Å². The fourth-order valence-electron chi connectivity index (χ4n) is 5.53. The molecule has 2 fully saturated rings. The number of phosphoric ester groups is 1. The third kappa shape index (κ3) is 14.6. The minimum atomic E-state index is -5.49. The number of alkyl carbamates (subject to hydrolysis) is 1. The van der Waals surface area contributed by atoms with Gasteiger partial charge in [-0.25, -0.2) is 13.2 Å². The SMILES string of the molecule is COc1ccc(S(=O)(=O)N(CC(C)C)C[C@@H](OP(=O)([O-])O)[C@H](Cc2ccc(OCP(C)(C)=O)cc2)NC(=O)O[C@H]2CO[C@H]3OCC[C@H]32)cc1.[Na+].[Na]. The molecule has 51 heavy (non-hydrogen) atoms. The van der Waals surface area contributed by atoms with E-state index < -0.39 is 62.2 Å². The molecule has 0 spiro atoms. The van der Waals surface area contributed by atoms with Gasteiger partial charge in [-0.05, 0) is 74.1 Å². The molecule has 2 N–H and O–H groups in total. The van der Waals surface area contributed by atoms with E-state index in [2.05, 4.69) is 5.32 Å². The zero-order valence-electron chi connectivity index (χ0n) is 30.1. The predicted molar refractivity (Wildman–Crippen MR) is 183 cm³/mol. The first-order valence-corrected chi connectivity index (χ1v) is 21.5. The van der Waals surface area contributed by atoms with Crippen molar-refractivity contribution in [2.45, 2.75) is 56.1 Å². The molecule has 2 heterocycles. The summed E-state index contributed by atoms with van der Waals surface area (Å²) in [5.74, 6) is 0.480. The van der Waals surface area contributed by atoms with Gasteiger partial charge in [0.2, 0.25) is 10.0 Å². The summed E-state index contributed by atoms with van der Waals surface area (Å²) < 4.78 is 85.9. The summed E-state index contributed by atoms with van der Waals surface area (Å²) in [4.78, 5) is 35.4. The van der Waals surface area contributed by atoms with Crippen LogP contribution < -0.4 is 49.2 Å². The molecule has 4 rings (SSSR count). The van der Waals surface area contributed by atoms with Gasteiger partial charge in [0.15, 0.2) is 6.29 Å². The van der Waals surface area contributed by atoms with E-state index in [1.807, 2.05) is 0 Å². The van der Waals surface area contributed by atoms with Crippen molar-refractivity contribution in [2.75, 3.05) is 53.1 Å². The molecular formula is C31H45N2Na2O13P2S. The molecule has 0 bridgehead atoms. The second-order valence-electron chi connectivity index (χ2n) is 12.9. The molecule has 2 saturated heterocycles. The van der Waals surface area contributed by atoms with Crippen molar-refractivity contribution in [2.24, 2.45) is 11.8 Å². The van der Waals surface area contributed by atoms with Crippen LogP contribution in [-0.2, 0) is 44.3 Å². The molecule has 2 aliphatic rings. The average Bonchev–Trinajstić information content (AvgIpc) is 3.63. The number of ether oxygens (including phenoxy) is 5. The Bertz CT molecular complexity index is 1610. The van der Waals surface area contributed by atoms with Gasteiger partial charge in [0.25, 0.3) is 7.82 Å². The fraction of sp³-hybridized carbons (Fsp3) is 0.581. The zero-order valence-corrected chi connectivity index (χ0v) is 36.7. The van der Waals surface area contributed by atoms with E-state index in [1.54, 1.807) is 51.4 Å². The molecule has 1 unspecified atom stereocenters. The number of nitrogens with one attached hydrogen (secondary N) is 1. The van der Waals surface area contributed by atoms with Crippen LogP contribution in [0.4, 0.5) is 4.79 Å². The van der Waals surface area contributed by atoms with Crippen molar-refractivity contribution in [3.05, 3.63) is 54.1 Å². The molecule has 0 aromatic heterocycles. The van der Waals surface area contributed by atoms with Crippen molar-refractivity contribution in [1.29, 1.82) is 0 Å². The zero-order chi connectivity index (χ0) is 36.0. The van der Waals surface area contributed by atoms with Crippen LogP contribution in [-0.4, -0.2) is 131 Å². The van der Waals surface area contributed by atoms with Crippen molar-refractivity contribution < 1.29 is 89.9 Å². The van der Waals surface area contributed by atoms with Crippen LogP contribution in [0.2, 0.25) is 0 Å².